The number of benzene rings is 1. The van der Waals surface area contributed by atoms with Crippen LogP contribution in [0.25, 0.3) is 0 Å². The Hall–Kier alpha value is -1.56. The van der Waals surface area contributed by atoms with E-state index in [-0.39, 0.29) is 11.9 Å². The number of carboxylic acid groups (broad SMARTS) is 1. The first kappa shape index (κ1) is 15.8. The zero-order valence-corrected chi connectivity index (χ0v) is 13.5. The van der Waals surface area contributed by atoms with Crippen LogP contribution < -0.4 is 5.32 Å². The molecule has 114 valence electrons. The van der Waals surface area contributed by atoms with Crippen molar-refractivity contribution in [1.82, 2.24) is 10.2 Å². The van der Waals surface area contributed by atoms with Crippen molar-refractivity contribution >= 4 is 27.9 Å². The fourth-order valence-corrected chi connectivity index (χ4v) is 3.17. The average Bonchev–Trinajstić information content (AvgIpc) is 2.44. The Kier molecular flexibility index (Phi) is 5.22. The molecule has 1 heterocycles. The second-order valence-electron chi connectivity index (χ2n) is 5.38. The predicted molar refractivity (Wildman–Crippen MR) is 82.9 cm³/mol. The van der Waals surface area contributed by atoms with Crippen molar-refractivity contribution in [3.63, 3.8) is 0 Å². The van der Waals surface area contributed by atoms with Crippen molar-refractivity contribution in [3.8, 4) is 0 Å². The zero-order chi connectivity index (χ0) is 15.4. The molecule has 1 saturated heterocycles. The molecule has 0 spiro atoms. The molecule has 2 rings (SSSR count). The number of nitrogens with one attached hydrogen (secondary N) is 1. The Morgan fingerprint density at radius 2 is 2.24 bits per heavy atom. The normalized spacial score (nSPS) is 21.9. The van der Waals surface area contributed by atoms with E-state index in [4.69, 9.17) is 0 Å². The number of halogens is 1. The van der Waals surface area contributed by atoms with Crippen molar-refractivity contribution in [2.45, 2.75) is 32.4 Å². The maximum Gasteiger partial charge on any atom is 0.326 e. The minimum absolute atomic E-state index is 0.0205. The van der Waals surface area contributed by atoms with Gasteiger partial charge in [0.1, 0.15) is 6.04 Å². The van der Waals surface area contributed by atoms with Gasteiger partial charge >= 0.3 is 12.0 Å². The molecule has 0 bridgehead atoms. The van der Waals surface area contributed by atoms with E-state index in [1.54, 1.807) is 0 Å². The Bertz CT molecular complexity index is 535. The number of hydrogen-bond donors (Lipinski definition) is 2. The molecule has 5 nitrogen and oxygen atoms in total. The van der Waals surface area contributed by atoms with Crippen LogP contribution in [-0.2, 0) is 11.3 Å². The van der Waals surface area contributed by atoms with Crippen LogP contribution in [0.2, 0.25) is 0 Å². The molecule has 2 amide bonds. The van der Waals surface area contributed by atoms with E-state index in [1.807, 2.05) is 31.2 Å². The van der Waals surface area contributed by atoms with Gasteiger partial charge in [-0.2, -0.15) is 0 Å². The molecule has 1 aliphatic rings. The van der Waals surface area contributed by atoms with E-state index < -0.39 is 12.0 Å². The third-order valence-corrected chi connectivity index (χ3v) is 4.27. The van der Waals surface area contributed by atoms with Gasteiger partial charge in [0.05, 0.1) is 0 Å². The minimum atomic E-state index is -0.931. The summed E-state index contributed by atoms with van der Waals surface area (Å²) < 4.78 is 0.948. The maximum absolute atomic E-state index is 12.3. The number of aliphatic carboxylic acids is 1. The second kappa shape index (κ2) is 6.93. The van der Waals surface area contributed by atoms with Gasteiger partial charge in [-0.05, 0) is 36.5 Å². The quantitative estimate of drug-likeness (QED) is 0.876. The fourth-order valence-electron chi connectivity index (χ4n) is 2.72. The molecule has 1 aromatic carbocycles. The average molecular weight is 355 g/mol. The highest BCUT2D eigenvalue weighted by atomic mass is 79.9. The summed E-state index contributed by atoms with van der Waals surface area (Å²) in [5, 5.41) is 12.1. The minimum Gasteiger partial charge on any atom is -0.480 e. The summed E-state index contributed by atoms with van der Waals surface area (Å²) in [6, 6.07) is 6.61. The fraction of sp³-hybridized carbons (Fsp3) is 0.467. The van der Waals surface area contributed by atoms with Crippen LogP contribution in [0.3, 0.4) is 0 Å². The van der Waals surface area contributed by atoms with Gasteiger partial charge in [0.25, 0.3) is 0 Å². The number of likely N-dealkylation sites (tertiary alicyclic amines) is 1. The summed E-state index contributed by atoms with van der Waals surface area (Å²) in [4.78, 5) is 25.1. The molecule has 6 heteroatoms. The lowest BCUT2D eigenvalue weighted by Crippen LogP contribution is -2.54. The largest absolute Gasteiger partial charge is 0.480 e. The molecule has 21 heavy (non-hydrogen) atoms. The van der Waals surface area contributed by atoms with Crippen molar-refractivity contribution in [2.24, 2.45) is 5.92 Å². The van der Waals surface area contributed by atoms with Crippen LogP contribution in [0.1, 0.15) is 25.3 Å². The van der Waals surface area contributed by atoms with E-state index in [9.17, 15) is 14.7 Å². The van der Waals surface area contributed by atoms with Gasteiger partial charge in [0.15, 0.2) is 0 Å². The number of piperidine rings is 1. The number of carbonyl (C=O) groups excluding carboxylic acids is 1. The van der Waals surface area contributed by atoms with Gasteiger partial charge in [-0.3, -0.25) is 0 Å². The smallest absolute Gasteiger partial charge is 0.326 e. The summed E-state index contributed by atoms with van der Waals surface area (Å²) in [7, 11) is 0. The first-order valence-electron chi connectivity index (χ1n) is 7.00. The number of amides is 2. The summed E-state index contributed by atoms with van der Waals surface area (Å²) in [5.74, 6) is -0.951. The molecule has 1 aromatic rings. The standard InChI is InChI=1S/C15H19BrN2O3/c1-10-4-3-7-18(13(10)14(19)20)15(21)17-9-11-5-2-6-12(16)8-11/h2,5-6,8,10,13H,3-4,7,9H2,1H3,(H,17,21)(H,19,20). The Balaban J connectivity index is 2.00. The first-order chi connectivity index (χ1) is 9.99. The van der Waals surface area contributed by atoms with Crippen molar-refractivity contribution in [2.75, 3.05) is 6.54 Å². The van der Waals surface area contributed by atoms with Crippen LogP contribution in [-0.4, -0.2) is 34.6 Å². The van der Waals surface area contributed by atoms with Crippen LogP contribution in [0.4, 0.5) is 4.79 Å². The lowest BCUT2D eigenvalue weighted by molar-refractivity contribution is -0.145. The molecule has 0 aromatic heterocycles. The van der Waals surface area contributed by atoms with Gasteiger partial charge in [-0.1, -0.05) is 35.0 Å². The number of rotatable bonds is 3. The zero-order valence-electron chi connectivity index (χ0n) is 11.9. The lowest BCUT2D eigenvalue weighted by Gasteiger charge is -2.37. The SMILES string of the molecule is CC1CCCN(C(=O)NCc2cccc(Br)c2)C1C(=O)O. The molecule has 2 atom stereocenters. The highest BCUT2D eigenvalue weighted by Gasteiger charge is 2.36. The van der Waals surface area contributed by atoms with E-state index in [2.05, 4.69) is 21.2 Å². The summed E-state index contributed by atoms with van der Waals surface area (Å²) in [5.41, 5.74) is 0.967. The van der Waals surface area contributed by atoms with Crippen LogP contribution in [0, 0.1) is 5.92 Å². The van der Waals surface area contributed by atoms with Gasteiger partial charge in [0, 0.05) is 17.6 Å². The van der Waals surface area contributed by atoms with Crippen molar-refractivity contribution in [1.29, 1.82) is 0 Å². The van der Waals surface area contributed by atoms with Crippen LogP contribution >= 0.6 is 15.9 Å². The van der Waals surface area contributed by atoms with E-state index in [0.717, 1.165) is 22.9 Å². The van der Waals surface area contributed by atoms with Crippen LogP contribution in [0.15, 0.2) is 28.7 Å². The topological polar surface area (TPSA) is 69.6 Å². The number of carboxylic acids is 1. The van der Waals surface area contributed by atoms with Crippen molar-refractivity contribution < 1.29 is 14.7 Å². The summed E-state index contributed by atoms with van der Waals surface area (Å²) in [6.45, 7) is 2.76. The van der Waals surface area contributed by atoms with E-state index >= 15 is 0 Å². The molecule has 0 saturated carbocycles. The number of carbonyl (C=O) groups is 2. The molecule has 2 unspecified atom stereocenters. The Morgan fingerprint density at radius 1 is 1.48 bits per heavy atom. The number of urea groups is 1. The second-order valence-corrected chi connectivity index (χ2v) is 6.30. The third-order valence-electron chi connectivity index (χ3n) is 3.78. The molecule has 2 N–H and O–H groups in total. The maximum atomic E-state index is 12.3. The van der Waals surface area contributed by atoms with E-state index in [0.29, 0.717) is 13.1 Å². The van der Waals surface area contributed by atoms with Gasteiger partial charge in [-0.25, -0.2) is 9.59 Å². The molecule has 1 aliphatic heterocycles. The monoisotopic (exact) mass is 354 g/mol. The Labute approximate surface area is 132 Å². The highest BCUT2D eigenvalue weighted by molar-refractivity contribution is 9.10. The molecule has 0 radical (unpaired) electrons. The molecule has 0 aliphatic carbocycles. The molecular formula is C15H19BrN2O3. The van der Waals surface area contributed by atoms with E-state index in [1.165, 1.54) is 4.90 Å². The molecular weight excluding hydrogens is 336 g/mol. The van der Waals surface area contributed by atoms with Crippen LogP contribution in [0.5, 0.6) is 0 Å². The third kappa shape index (κ3) is 3.97. The Morgan fingerprint density at radius 3 is 2.90 bits per heavy atom. The van der Waals surface area contributed by atoms with Gasteiger partial charge in [-0.15, -0.1) is 0 Å². The predicted octanol–water partition coefficient (Wildman–Crippen LogP) is 2.84. The van der Waals surface area contributed by atoms with Crippen molar-refractivity contribution in [3.05, 3.63) is 34.3 Å². The molecule has 1 fully saturated rings. The van der Waals surface area contributed by atoms with Gasteiger partial charge < -0.3 is 15.3 Å². The lowest BCUT2D eigenvalue weighted by atomic mass is 9.91. The summed E-state index contributed by atoms with van der Waals surface area (Å²) in [6.07, 6.45) is 1.68. The number of hydrogen-bond acceptors (Lipinski definition) is 2. The highest BCUT2D eigenvalue weighted by Crippen LogP contribution is 2.23. The first-order valence-corrected chi connectivity index (χ1v) is 7.80. The summed E-state index contributed by atoms with van der Waals surface area (Å²) >= 11 is 3.38. The number of nitrogens with zero attached hydrogens (tertiary/aromatic N) is 1. The van der Waals surface area contributed by atoms with Gasteiger partial charge in [0.2, 0.25) is 0 Å².